The number of carbonyl (C=O) groups is 2. The number of halogens is 3. The maximum Gasteiger partial charge on any atom is 0.490 e. The monoisotopic (exact) mass is 286 g/mol. The molecular weight excluding hydrogens is 265 g/mol. The number of rotatable bonds is 7. The Morgan fingerprint density at radius 1 is 1.05 bits per heavy atom. The quantitative estimate of drug-likeness (QED) is 0.700. The molecule has 0 rings (SSSR count). The molecule has 114 valence electrons. The molecular formula is C12H21F3O4. The van der Waals surface area contributed by atoms with Crippen LogP contribution in [0.2, 0.25) is 0 Å². The summed E-state index contributed by atoms with van der Waals surface area (Å²) in [6.45, 7) is 3.96. The summed E-state index contributed by atoms with van der Waals surface area (Å²) in [5.74, 6) is -3.58. The number of hydrogen-bond acceptors (Lipinski definition) is 2. The third-order valence-corrected chi connectivity index (χ3v) is 2.40. The van der Waals surface area contributed by atoms with Crippen LogP contribution in [0.15, 0.2) is 0 Å². The van der Waals surface area contributed by atoms with E-state index in [-0.39, 0.29) is 5.92 Å². The van der Waals surface area contributed by atoms with Gasteiger partial charge in [0.25, 0.3) is 0 Å². The molecule has 0 spiro atoms. The lowest BCUT2D eigenvalue weighted by Gasteiger charge is -2.04. The number of unbranched alkanes of at least 4 members (excludes halogenated alkanes) is 4. The van der Waals surface area contributed by atoms with Gasteiger partial charge in [-0.05, 0) is 6.42 Å². The SMILES string of the molecule is CCCCCCCC(C)C(=O)O.O=C(O)C(F)(F)F. The van der Waals surface area contributed by atoms with Crippen LogP contribution in [-0.2, 0) is 9.59 Å². The Labute approximate surface area is 110 Å². The minimum Gasteiger partial charge on any atom is -0.481 e. The Bertz CT molecular complexity index is 264. The van der Waals surface area contributed by atoms with Crippen molar-refractivity contribution in [3.8, 4) is 0 Å². The van der Waals surface area contributed by atoms with Crippen LogP contribution in [-0.4, -0.2) is 28.3 Å². The number of carboxylic acids is 2. The van der Waals surface area contributed by atoms with E-state index in [0.717, 1.165) is 12.8 Å². The molecule has 0 amide bonds. The summed E-state index contributed by atoms with van der Waals surface area (Å²) in [6.07, 6.45) is 1.77. The van der Waals surface area contributed by atoms with Crippen molar-refractivity contribution < 1.29 is 33.0 Å². The van der Waals surface area contributed by atoms with Crippen molar-refractivity contribution in [1.29, 1.82) is 0 Å². The Balaban J connectivity index is 0. The van der Waals surface area contributed by atoms with Gasteiger partial charge in [0.05, 0.1) is 5.92 Å². The lowest BCUT2D eigenvalue weighted by molar-refractivity contribution is -0.192. The van der Waals surface area contributed by atoms with Gasteiger partial charge in [0.15, 0.2) is 0 Å². The van der Waals surface area contributed by atoms with Crippen molar-refractivity contribution in [3.63, 3.8) is 0 Å². The molecule has 0 heterocycles. The highest BCUT2D eigenvalue weighted by molar-refractivity contribution is 5.73. The highest BCUT2D eigenvalue weighted by atomic mass is 19.4. The largest absolute Gasteiger partial charge is 0.490 e. The van der Waals surface area contributed by atoms with E-state index in [0.29, 0.717) is 0 Å². The Morgan fingerprint density at radius 2 is 1.47 bits per heavy atom. The van der Waals surface area contributed by atoms with Crippen molar-refractivity contribution in [2.45, 2.75) is 58.5 Å². The molecule has 0 aromatic carbocycles. The average molecular weight is 286 g/mol. The van der Waals surface area contributed by atoms with E-state index in [2.05, 4.69) is 6.92 Å². The molecule has 0 bridgehead atoms. The van der Waals surface area contributed by atoms with Gasteiger partial charge in [0.1, 0.15) is 0 Å². The zero-order chi connectivity index (χ0) is 15.5. The second-order valence-electron chi connectivity index (χ2n) is 4.25. The zero-order valence-corrected chi connectivity index (χ0v) is 11.2. The molecule has 1 unspecified atom stereocenters. The smallest absolute Gasteiger partial charge is 0.481 e. The zero-order valence-electron chi connectivity index (χ0n) is 11.2. The van der Waals surface area contributed by atoms with Crippen LogP contribution in [0.5, 0.6) is 0 Å². The molecule has 0 radical (unpaired) electrons. The van der Waals surface area contributed by atoms with Gasteiger partial charge in [0, 0.05) is 0 Å². The van der Waals surface area contributed by atoms with Crippen molar-refractivity contribution >= 4 is 11.9 Å². The number of aliphatic carboxylic acids is 2. The van der Waals surface area contributed by atoms with E-state index in [9.17, 15) is 18.0 Å². The lowest BCUT2D eigenvalue weighted by atomic mass is 10.0. The molecule has 0 fully saturated rings. The predicted octanol–water partition coefficient (Wildman–Crippen LogP) is 3.70. The van der Waals surface area contributed by atoms with E-state index in [1.807, 2.05) is 0 Å². The number of hydrogen-bond donors (Lipinski definition) is 2. The third-order valence-electron chi connectivity index (χ3n) is 2.40. The van der Waals surface area contributed by atoms with Crippen LogP contribution in [0, 0.1) is 5.92 Å². The highest BCUT2D eigenvalue weighted by Gasteiger charge is 2.38. The summed E-state index contributed by atoms with van der Waals surface area (Å²) in [5.41, 5.74) is 0. The summed E-state index contributed by atoms with van der Waals surface area (Å²) >= 11 is 0. The predicted molar refractivity (Wildman–Crippen MR) is 63.9 cm³/mol. The summed E-state index contributed by atoms with van der Waals surface area (Å²) in [5, 5.41) is 15.7. The van der Waals surface area contributed by atoms with Gasteiger partial charge in [-0.25, -0.2) is 4.79 Å². The second kappa shape index (κ2) is 10.6. The van der Waals surface area contributed by atoms with Crippen LogP contribution >= 0.6 is 0 Å². The summed E-state index contributed by atoms with van der Waals surface area (Å²) < 4.78 is 31.7. The third kappa shape index (κ3) is 14.7. The van der Waals surface area contributed by atoms with Crippen LogP contribution in [0.25, 0.3) is 0 Å². The van der Waals surface area contributed by atoms with Gasteiger partial charge in [-0.1, -0.05) is 46.0 Å². The fourth-order valence-corrected chi connectivity index (χ4v) is 1.18. The molecule has 0 saturated carbocycles. The number of alkyl halides is 3. The Morgan fingerprint density at radius 3 is 1.79 bits per heavy atom. The van der Waals surface area contributed by atoms with Gasteiger partial charge in [0.2, 0.25) is 0 Å². The number of carboxylic acid groups (broad SMARTS) is 2. The first-order valence-corrected chi connectivity index (χ1v) is 6.15. The van der Waals surface area contributed by atoms with Gasteiger partial charge in [-0.3, -0.25) is 4.79 Å². The highest BCUT2D eigenvalue weighted by Crippen LogP contribution is 2.13. The maximum absolute atomic E-state index is 10.6. The molecule has 1 atom stereocenters. The van der Waals surface area contributed by atoms with Crippen molar-refractivity contribution in [1.82, 2.24) is 0 Å². The molecule has 4 nitrogen and oxygen atoms in total. The van der Waals surface area contributed by atoms with E-state index in [1.54, 1.807) is 6.92 Å². The summed E-state index contributed by atoms with van der Waals surface area (Å²) in [7, 11) is 0. The van der Waals surface area contributed by atoms with Crippen molar-refractivity contribution in [2.24, 2.45) is 5.92 Å². The van der Waals surface area contributed by atoms with Crippen LogP contribution in [0.4, 0.5) is 13.2 Å². The molecule has 2 N–H and O–H groups in total. The topological polar surface area (TPSA) is 74.6 Å². The first kappa shape index (κ1) is 20.1. The standard InChI is InChI=1S/C10H20O2.C2HF3O2/c1-3-4-5-6-7-8-9(2)10(11)12;3-2(4,5)1(6)7/h9H,3-8H2,1-2H3,(H,11,12);(H,6,7). The first-order chi connectivity index (χ1) is 8.62. The molecule has 0 saturated heterocycles. The Kier molecular flexibility index (Phi) is 11.2. The average Bonchev–Trinajstić information content (AvgIpc) is 2.27. The normalized spacial score (nSPS) is 12.3. The molecule has 19 heavy (non-hydrogen) atoms. The van der Waals surface area contributed by atoms with E-state index in [4.69, 9.17) is 15.0 Å². The molecule has 7 heteroatoms. The van der Waals surface area contributed by atoms with E-state index in [1.165, 1.54) is 25.7 Å². The van der Waals surface area contributed by atoms with Gasteiger partial charge in [-0.15, -0.1) is 0 Å². The van der Waals surface area contributed by atoms with Gasteiger partial charge < -0.3 is 10.2 Å². The fraction of sp³-hybridized carbons (Fsp3) is 0.833. The first-order valence-electron chi connectivity index (χ1n) is 6.15. The molecule has 0 aromatic heterocycles. The summed E-state index contributed by atoms with van der Waals surface area (Å²) in [6, 6.07) is 0. The lowest BCUT2D eigenvalue weighted by Crippen LogP contribution is -2.21. The maximum atomic E-state index is 10.6. The second-order valence-corrected chi connectivity index (χ2v) is 4.25. The van der Waals surface area contributed by atoms with Crippen LogP contribution in [0.1, 0.15) is 52.4 Å². The molecule has 0 aliphatic heterocycles. The van der Waals surface area contributed by atoms with E-state index < -0.39 is 18.1 Å². The van der Waals surface area contributed by atoms with Crippen LogP contribution in [0.3, 0.4) is 0 Å². The van der Waals surface area contributed by atoms with E-state index >= 15 is 0 Å². The van der Waals surface area contributed by atoms with Gasteiger partial charge >= 0.3 is 18.1 Å². The molecule has 0 aliphatic rings. The minimum absolute atomic E-state index is 0.161. The minimum atomic E-state index is -5.08. The van der Waals surface area contributed by atoms with Gasteiger partial charge in [-0.2, -0.15) is 13.2 Å². The fourth-order valence-electron chi connectivity index (χ4n) is 1.18. The molecule has 0 aliphatic carbocycles. The van der Waals surface area contributed by atoms with Crippen molar-refractivity contribution in [3.05, 3.63) is 0 Å². The van der Waals surface area contributed by atoms with Crippen molar-refractivity contribution in [2.75, 3.05) is 0 Å². The molecule has 0 aromatic rings. The summed E-state index contributed by atoms with van der Waals surface area (Å²) in [4.78, 5) is 19.3. The Hall–Kier alpha value is -1.27. The van der Waals surface area contributed by atoms with Crippen LogP contribution < -0.4 is 0 Å².